The first-order valence-electron chi connectivity index (χ1n) is 11.5. The van der Waals surface area contributed by atoms with E-state index in [0.717, 1.165) is 19.3 Å². The molecular weight excluding hydrogens is 412 g/mol. The Labute approximate surface area is 187 Å². The van der Waals surface area contributed by atoms with E-state index in [0.29, 0.717) is 23.5 Å². The van der Waals surface area contributed by atoms with E-state index in [4.69, 9.17) is 4.74 Å². The zero-order valence-electron chi connectivity index (χ0n) is 18.6. The molecule has 0 atom stereocenters. The summed E-state index contributed by atoms with van der Waals surface area (Å²) in [7, 11) is -4.35. The zero-order chi connectivity index (χ0) is 22.5. The van der Waals surface area contributed by atoms with Crippen molar-refractivity contribution in [2.75, 3.05) is 0 Å². The Bertz CT molecular complexity index is 893. The summed E-state index contributed by atoms with van der Waals surface area (Å²) in [6.07, 6.45) is 14.1. The fourth-order valence-electron chi connectivity index (χ4n) is 3.71. The maximum absolute atomic E-state index is 11.9. The second-order valence-corrected chi connectivity index (χ2v) is 9.52. The molecule has 0 aliphatic rings. The minimum atomic E-state index is -4.35. The second-order valence-electron chi connectivity index (χ2n) is 8.13. The van der Waals surface area contributed by atoms with E-state index in [2.05, 4.69) is 6.92 Å². The topological polar surface area (TPSA) is 83.8 Å². The number of phenolic OH excluding ortho intramolecular Hbond substituents is 1. The molecule has 2 rings (SSSR count). The number of phenols is 1. The van der Waals surface area contributed by atoms with Gasteiger partial charge in [0.15, 0.2) is 0 Å². The standard InChI is InChI=1S/C25H36O5S/c1-2-3-4-5-6-7-8-9-10-11-12-14-21-17-18-24(20-25(21)31(27,28)29)30-23-16-13-15-22(26)19-23/h13,15-20,26H,2-12,14H2,1H3,(H,27,28,29). The predicted molar refractivity (Wildman–Crippen MR) is 125 cm³/mol. The van der Waals surface area contributed by atoms with Crippen LogP contribution in [0, 0.1) is 0 Å². The van der Waals surface area contributed by atoms with Gasteiger partial charge in [0.25, 0.3) is 10.1 Å². The Hall–Kier alpha value is -2.05. The van der Waals surface area contributed by atoms with E-state index in [1.54, 1.807) is 24.3 Å². The van der Waals surface area contributed by atoms with Gasteiger partial charge >= 0.3 is 0 Å². The van der Waals surface area contributed by atoms with Gasteiger partial charge in [0.1, 0.15) is 22.1 Å². The number of aryl methyl sites for hydroxylation is 1. The van der Waals surface area contributed by atoms with Gasteiger partial charge in [-0.2, -0.15) is 8.42 Å². The Morgan fingerprint density at radius 3 is 1.94 bits per heavy atom. The Morgan fingerprint density at radius 2 is 1.35 bits per heavy atom. The fraction of sp³-hybridized carbons (Fsp3) is 0.520. The summed E-state index contributed by atoms with van der Waals surface area (Å²) in [5.41, 5.74) is 0.599. The molecule has 0 aliphatic carbocycles. The predicted octanol–water partition coefficient (Wildman–Crippen LogP) is 7.28. The first-order chi connectivity index (χ1) is 14.9. The number of hydrogen-bond donors (Lipinski definition) is 2. The van der Waals surface area contributed by atoms with Crippen LogP contribution in [0.3, 0.4) is 0 Å². The normalized spacial score (nSPS) is 11.5. The highest BCUT2D eigenvalue weighted by atomic mass is 32.2. The number of rotatable bonds is 15. The van der Waals surface area contributed by atoms with E-state index in [1.165, 1.54) is 69.6 Å². The summed E-state index contributed by atoms with van der Waals surface area (Å²) in [5, 5.41) is 9.54. The van der Waals surface area contributed by atoms with Crippen molar-refractivity contribution in [1.29, 1.82) is 0 Å². The molecule has 2 aromatic rings. The van der Waals surface area contributed by atoms with E-state index in [-0.39, 0.29) is 10.6 Å². The van der Waals surface area contributed by atoms with Crippen molar-refractivity contribution in [3.63, 3.8) is 0 Å². The molecule has 5 nitrogen and oxygen atoms in total. The molecule has 0 aliphatic heterocycles. The van der Waals surface area contributed by atoms with Gasteiger partial charge in [-0.25, -0.2) is 0 Å². The van der Waals surface area contributed by atoms with Crippen LogP contribution in [0.4, 0.5) is 0 Å². The first kappa shape index (κ1) is 25.2. The molecular formula is C25H36O5S. The van der Waals surface area contributed by atoms with Crippen LogP contribution in [0.5, 0.6) is 17.2 Å². The molecule has 0 saturated heterocycles. The lowest BCUT2D eigenvalue weighted by molar-refractivity contribution is 0.452. The molecule has 0 amide bonds. The highest BCUT2D eigenvalue weighted by Gasteiger charge is 2.17. The molecule has 6 heteroatoms. The average Bonchev–Trinajstić information content (AvgIpc) is 2.72. The van der Waals surface area contributed by atoms with Crippen molar-refractivity contribution in [1.82, 2.24) is 0 Å². The fourth-order valence-corrected chi connectivity index (χ4v) is 4.47. The van der Waals surface area contributed by atoms with Crippen LogP contribution in [0.2, 0.25) is 0 Å². The number of benzene rings is 2. The van der Waals surface area contributed by atoms with Crippen molar-refractivity contribution >= 4 is 10.1 Å². The summed E-state index contributed by atoms with van der Waals surface area (Å²) in [6, 6.07) is 11.0. The molecule has 0 heterocycles. The van der Waals surface area contributed by atoms with Crippen LogP contribution in [0.25, 0.3) is 0 Å². The largest absolute Gasteiger partial charge is 0.508 e. The number of hydrogen-bond acceptors (Lipinski definition) is 4. The smallest absolute Gasteiger partial charge is 0.294 e. The molecule has 0 saturated carbocycles. The highest BCUT2D eigenvalue weighted by Crippen LogP contribution is 2.29. The molecule has 0 spiro atoms. The van der Waals surface area contributed by atoms with Crippen LogP contribution in [0.1, 0.15) is 83.1 Å². The highest BCUT2D eigenvalue weighted by molar-refractivity contribution is 7.85. The lowest BCUT2D eigenvalue weighted by atomic mass is 10.0. The molecule has 2 N–H and O–H groups in total. The monoisotopic (exact) mass is 448 g/mol. The molecule has 0 aromatic heterocycles. The quantitative estimate of drug-likeness (QED) is 0.221. The molecule has 172 valence electrons. The van der Waals surface area contributed by atoms with Crippen molar-refractivity contribution in [3.05, 3.63) is 48.0 Å². The number of aromatic hydroxyl groups is 1. The Balaban J connectivity index is 1.80. The van der Waals surface area contributed by atoms with Gasteiger partial charge in [-0.3, -0.25) is 4.55 Å². The van der Waals surface area contributed by atoms with Crippen LogP contribution in [-0.2, 0) is 16.5 Å². The molecule has 2 aromatic carbocycles. The van der Waals surface area contributed by atoms with Gasteiger partial charge in [0.2, 0.25) is 0 Å². The van der Waals surface area contributed by atoms with E-state index in [1.807, 2.05) is 0 Å². The molecule has 0 radical (unpaired) electrons. The van der Waals surface area contributed by atoms with Crippen molar-refractivity contribution in [3.8, 4) is 17.2 Å². The van der Waals surface area contributed by atoms with Gasteiger partial charge in [0.05, 0.1) is 0 Å². The Morgan fingerprint density at radius 1 is 0.774 bits per heavy atom. The maximum Gasteiger partial charge on any atom is 0.294 e. The van der Waals surface area contributed by atoms with Crippen LogP contribution in [0.15, 0.2) is 47.4 Å². The van der Waals surface area contributed by atoms with Gasteiger partial charge in [-0.15, -0.1) is 0 Å². The summed E-state index contributed by atoms with van der Waals surface area (Å²) < 4.78 is 39.0. The van der Waals surface area contributed by atoms with Crippen LogP contribution < -0.4 is 4.74 Å². The second kappa shape index (κ2) is 13.4. The van der Waals surface area contributed by atoms with Crippen LogP contribution in [-0.4, -0.2) is 18.1 Å². The SMILES string of the molecule is CCCCCCCCCCCCCc1ccc(Oc2cccc(O)c2)cc1S(=O)(=O)O. The number of unbranched alkanes of at least 4 members (excludes halogenated alkanes) is 10. The van der Waals surface area contributed by atoms with E-state index in [9.17, 15) is 18.1 Å². The third-order valence-corrected chi connectivity index (χ3v) is 6.36. The van der Waals surface area contributed by atoms with Gasteiger partial charge < -0.3 is 9.84 Å². The lowest BCUT2D eigenvalue weighted by Crippen LogP contribution is -2.04. The molecule has 0 fully saturated rings. The summed E-state index contributed by atoms with van der Waals surface area (Å²) in [6.45, 7) is 2.23. The molecule has 0 unspecified atom stereocenters. The van der Waals surface area contributed by atoms with E-state index < -0.39 is 10.1 Å². The van der Waals surface area contributed by atoms with Gasteiger partial charge in [-0.05, 0) is 36.6 Å². The van der Waals surface area contributed by atoms with Gasteiger partial charge in [-0.1, -0.05) is 83.3 Å². The van der Waals surface area contributed by atoms with Crippen molar-refractivity contribution < 1.29 is 22.8 Å². The minimum absolute atomic E-state index is 0.0561. The summed E-state index contributed by atoms with van der Waals surface area (Å²) in [4.78, 5) is -0.114. The molecule has 0 bridgehead atoms. The van der Waals surface area contributed by atoms with E-state index >= 15 is 0 Å². The summed E-state index contributed by atoms with van der Waals surface area (Å²) in [5.74, 6) is 0.737. The first-order valence-corrected chi connectivity index (χ1v) is 12.9. The molecule has 31 heavy (non-hydrogen) atoms. The Kier molecular flexibility index (Phi) is 10.9. The minimum Gasteiger partial charge on any atom is -0.508 e. The third kappa shape index (κ3) is 9.74. The van der Waals surface area contributed by atoms with Gasteiger partial charge in [0, 0.05) is 12.1 Å². The van der Waals surface area contributed by atoms with Crippen molar-refractivity contribution in [2.24, 2.45) is 0 Å². The lowest BCUT2D eigenvalue weighted by Gasteiger charge is -2.11. The zero-order valence-corrected chi connectivity index (χ0v) is 19.4. The van der Waals surface area contributed by atoms with Crippen molar-refractivity contribution in [2.45, 2.75) is 88.9 Å². The summed E-state index contributed by atoms with van der Waals surface area (Å²) >= 11 is 0. The number of ether oxygens (including phenoxy) is 1. The average molecular weight is 449 g/mol. The van der Waals surface area contributed by atoms with Crippen LogP contribution >= 0.6 is 0 Å². The third-order valence-electron chi connectivity index (χ3n) is 5.42. The maximum atomic E-state index is 11.9.